The second-order valence-corrected chi connectivity index (χ2v) is 47.2. The van der Waals surface area contributed by atoms with E-state index in [4.69, 9.17) is 4.42 Å². The van der Waals surface area contributed by atoms with Gasteiger partial charge in [0.15, 0.2) is 0 Å². The summed E-state index contributed by atoms with van der Waals surface area (Å²) in [5.74, 6) is 11.3. The van der Waals surface area contributed by atoms with Crippen molar-refractivity contribution in [2.45, 2.75) is 421 Å². The number of benzene rings is 3. The van der Waals surface area contributed by atoms with Crippen molar-refractivity contribution in [2.75, 3.05) is 0 Å². The molecule has 0 amide bonds. The van der Waals surface area contributed by atoms with Gasteiger partial charge in [0.2, 0.25) is 0 Å². The van der Waals surface area contributed by atoms with Gasteiger partial charge < -0.3 is 22.7 Å². The fourth-order valence-electron chi connectivity index (χ4n) is 13.8. The topological polar surface area (TPSA) is 97.3 Å². The van der Waals surface area contributed by atoms with Gasteiger partial charge in [0.1, 0.15) is 17.2 Å². The Balaban J connectivity index is 0.000000376. The molecule has 131 heavy (non-hydrogen) atoms. The fourth-order valence-corrected chi connectivity index (χ4v) is 15.8. The number of thiazole rings is 2. The summed E-state index contributed by atoms with van der Waals surface area (Å²) in [6.07, 6.45) is 12.8. The summed E-state index contributed by atoms with van der Waals surface area (Å²) >= 11 is 3.61. The molecule has 3 aromatic carbocycles. The van der Waals surface area contributed by atoms with E-state index in [1.165, 1.54) is 122 Å². The standard InChI is InChI=1S/C17H23N.C14H18O.2C12H21N.C12H18.C11H20N2.2C11H17N.C10H17NS.C9H15NS/c1-12(2)14-6-8-15(9-7-14)16-10-17(13(3)4)18(5)11-16;1-9(2)11-5-6-13-12(7-11)8-14(15-13)10(3)4;2*1-9(2)11-7-10(8-13(11)6)12(3,4)5;1-9(2)11-6-5-7-12(8-11)10(3)4;1-8(2)10-12-9(7-13(10)6)11(3,4)5;1-8(2)10-5-6-11(9(3)4)12-7-10;1-8(2)10-6-5-7-11(12-10)9(3)4;1-7(2)9-11-6-8(12-9)10(3,4)5;1-6(2)8-5-11-9(10-8)7(3)4/h6-13H,1-5H3;5-10H,1-4H3;2*7-9H,1-6H3;5-10H,1-4H3;7-8H,1-6H3;2*5-9H,1-4H3;6-7H,1-5H3;5-7H,1-4H3. The molecule has 0 aliphatic heterocycles. The van der Waals surface area contributed by atoms with Crippen molar-refractivity contribution < 1.29 is 4.42 Å². The Bertz CT molecular complexity index is 4890. The average molecular weight is 1820 g/mol. The lowest BCUT2D eigenvalue weighted by molar-refractivity contribution is 0.521. The van der Waals surface area contributed by atoms with E-state index in [0.717, 1.165) is 11.3 Å². The summed E-state index contributed by atoms with van der Waals surface area (Å²) in [7, 11) is 8.45. The molecule has 0 saturated heterocycles. The predicted octanol–water partition coefficient (Wildman–Crippen LogP) is 36.9. The van der Waals surface area contributed by atoms with Crippen molar-refractivity contribution in [3.05, 3.63) is 275 Å². The minimum atomic E-state index is 0.158. The second kappa shape index (κ2) is 53.2. The van der Waals surface area contributed by atoms with Crippen LogP contribution in [-0.2, 0) is 49.9 Å². The predicted molar refractivity (Wildman–Crippen MR) is 580 cm³/mol. The molecule has 726 valence electrons. The van der Waals surface area contributed by atoms with Crippen LogP contribution in [0, 0.1) is 0 Å². The van der Waals surface area contributed by atoms with Crippen LogP contribution in [0.25, 0.3) is 22.1 Å². The number of rotatable bonds is 17. The van der Waals surface area contributed by atoms with Crippen molar-refractivity contribution >= 4 is 33.6 Å². The Morgan fingerprint density at radius 1 is 0.290 bits per heavy atom. The molecule has 0 bridgehead atoms. The van der Waals surface area contributed by atoms with Gasteiger partial charge in [0.25, 0.3) is 0 Å². The normalized spacial score (nSPS) is 11.8. The molecule has 0 N–H and O–H groups in total. The van der Waals surface area contributed by atoms with Crippen LogP contribution in [0.4, 0.5) is 0 Å². The molecule has 12 aromatic rings. The van der Waals surface area contributed by atoms with Crippen molar-refractivity contribution in [1.29, 1.82) is 0 Å². The van der Waals surface area contributed by atoms with Crippen molar-refractivity contribution in [3.63, 3.8) is 0 Å². The van der Waals surface area contributed by atoms with Crippen molar-refractivity contribution in [3.8, 4) is 11.1 Å². The van der Waals surface area contributed by atoms with Gasteiger partial charge in [0.05, 0.1) is 21.4 Å². The van der Waals surface area contributed by atoms with Gasteiger partial charge in [-0.2, -0.15) is 0 Å². The molecule has 9 heterocycles. The maximum atomic E-state index is 5.76. The van der Waals surface area contributed by atoms with Gasteiger partial charge in [-0.1, -0.05) is 371 Å². The number of hydrogen-bond acceptors (Lipinski definition) is 8. The van der Waals surface area contributed by atoms with Gasteiger partial charge in [-0.3, -0.25) is 9.97 Å². The highest BCUT2D eigenvalue weighted by Crippen LogP contribution is 2.35. The number of aromatic nitrogens is 9. The first-order valence-corrected chi connectivity index (χ1v) is 51.2. The molecule has 12 heteroatoms. The van der Waals surface area contributed by atoms with Gasteiger partial charge in [-0.15, -0.1) is 22.7 Å². The van der Waals surface area contributed by atoms with E-state index in [2.05, 4.69) is 528 Å². The third kappa shape index (κ3) is 39.3. The van der Waals surface area contributed by atoms with E-state index < -0.39 is 0 Å². The zero-order chi connectivity index (χ0) is 100. The van der Waals surface area contributed by atoms with Crippen molar-refractivity contribution in [2.24, 2.45) is 28.2 Å². The number of fused-ring (bicyclic) bond motifs is 1. The highest BCUT2D eigenvalue weighted by molar-refractivity contribution is 7.11. The summed E-state index contributed by atoms with van der Waals surface area (Å²) in [4.78, 5) is 23.9. The maximum Gasteiger partial charge on any atom is 0.134 e. The zero-order valence-corrected chi connectivity index (χ0v) is 93.7. The Morgan fingerprint density at radius 2 is 0.710 bits per heavy atom. The van der Waals surface area contributed by atoms with Crippen LogP contribution in [0.2, 0.25) is 0 Å². The molecule has 12 rings (SSSR count). The molecule has 0 fully saturated rings. The summed E-state index contributed by atoms with van der Waals surface area (Å²) < 4.78 is 14.6. The average Bonchev–Trinajstić information content (AvgIpc) is 1.70. The third-order valence-corrected chi connectivity index (χ3v) is 26.1. The van der Waals surface area contributed by atoms with Crippen LogP contribution < -0.4 is 0 Å². The number of furan rings is 1. The van der Waals surface area contributed by atoms with Crippen LogP contribution in [0.1, 0.15) is 510 Å². The molecule has 0 radical (unpaired) electrons. The Kier molecular flexibility index (Phi) is 47.5. The zero-order valence-electron chi connectivity index (χ0n) is 92.1. The third-order valence-electron chi connectivity index (χ3n) is 23.2. The monoisotopic (exact) mass is 1820 g/mol. The van der Waals surface area contributed by atoms with Crippen LogP contribution in [0.5, 0.6) is 0 Å². The number of imidazole rings is 1. The molecule has 0 aliphatic carbocycles. The first-order chi connectivity index (χ1) is 60.4. The molecule has 0 unspecified atom stereocenters. The highest BCUT2D eigenvalue weighted by Gasteiger charge is 2.23. The fraction of sp³-hybridized carbons (Fsp3) is 0.571. The Morgan fingerprint density at radius 3 is 1.02 bits per heavy atom. The SMILES string of the molecule is CC(C)c1cc(C(C)(C)C)cn1C.CC(C)c1cc(C(C)(C)C)cn1C.CC(C)c1ccc(-c2cc(C(C)C)n(C)c2)cc1.CC(C)c1ccc(C(C)C)nc1.CC(C)c1ccc2oc(C(C)C)cc2c1.CC(C)c1cccc(C(C)C)c1.CC(C)c1cccc(C(C)C)n1.CC(C)c1csc(C(C)C)n1.CC(C)c1nc(C(C)(C)C)cn1C.CC(C)c1ncc(C(C)(C)C)s1. The minimum Gasteiger partial charge on any atom is -0.461 e. The molecule has 0 spiro atoms. The molecule has 0 saturated carbocycles. The lowest BCUT2D eigenvalue weighted by Gasteiger charge is -2.15. The second-order valence-electron chi connectivity index (χ2n) is 45.3. The first-order valence-electron chi connectivity index (χ1n) is 49.5. The lowest BCUT2D eigenvalue weighted by Crippen LogP contribution is -2.11. The number of hydrogen-bond donors (Lipinski definition) is 0. The van der Waals surface area contributed by atoms with Gasteiger partial charge >= 0.3 is 0 Å². The first kappa shape index (κ1) is 117. The molecular weight excluding hydrogens is 1640 g/mol. The van der Waals surface area contributed by atoms with Crippen LogP contribution in [0.15, 0.2) is 168 Å². The number of pyridine rings is 2. The molecule has 10 nitrogen and oxygen atoms in total. The molecule has 9 aromatic heterocycles. The Hall–Kier alpha value is -8.19. The van der Waals surface area contributed by atoms with E-state index in [0.29, 0.717) is 94.7 Å². The van der Waals surface area contributed by atoms with E-state index in [1.54, 1.807) is 11.3 Å². The lowest BCUT2D eigenvalue weighted by atomic mass is 9.89. The smallest absolute Gasteiger partial charge is 0.134 e. The Labute approximate surface area is 810 Å². The molecule has 0 atom stereocenters. The van der Waals surface area contributed by atoms with Crippen molar-refractivity contribution in [1.82, 2.24) is 43.2 Å². The van der Waals surface area contributed by atoms with Gasteiger partial charge in [0, 0.05) is 144 Å². The van der Waals surface area contributed by atoms with Gasteiger partial charge in [-0.25, -0.2) is 15.0 Å². The number of aryl methyl sites for hydroxylation is 4. The summed E-state index contributed by atoms with van der Waals surface area (Å²) in [5.41, 5.74) is 24.6. The molecular formula is C119H187N9OS2. The largest absolute Gasteiger partial charge is 0.461 e. The molecule has 0 aliphatic rings. The van der Waals surface area contributed by atoms with E-state index in [9.17, 15) is 0 Å². The van der Waals surface area contributed by atoms with Gasteiger partial charge in [-0.05, 0) is 192 Å². The van der Waals surface area contributed by atoms with E-state index >= 15 is 0 Å². The number of nitrogens with zero attached hydrogens (tertiary/aromatic N) is 9. The van der Waals surface area contributed by atoms with E-state index in [-0.39, 0.29) is 21.7 Å². The summed E-state index contributed by atoms with van der Waals surface area (Å²) in [6, 6.07) is 44.0. The quantitative estimate of drug-likeness (QED) is 0.0901. The van der Waals surface area contributed by atoms with Crippen LogP contribution in [-0.4, -0.2) is 43.2 Å². The minimum absolute atomic E-state index is 0.158. The van der Waals surface area contributed by atoms with Crippen LogP contribution in [0.3, 0.4) is 0 Å². The van der Waals surface area contributed by atoms with Crippen LogP contribution >= 0.6 is 22.7 Å². The van der Waals surface area contributed by atoms with E-state index in [1.807, 2.05) is 23.7 Å². The maximum absolute atomic E-state index is 5.76. The highest BCUT2D eigenvalue weighted by atomic mass is 32.1. The summed E-state index contributed by atoms with van der Waals surface area (Å²) in [5, 5.41) is 5.90. The summed E-state index contributed by atoms with van der Waals surface area (Å²) in [6.45, 7) is 97.2.